The molecule has 0 spiro atoms. The van der Waals surface area contributed by atoms with Crippen molar-refractivity contribution < 1.29 is 4.74 Å². The van der Waals surface area contributed by atoms with Crippen molar-refractivity contribution in [2.75, 3.05) is 27.3 Å². The van der Waals surface area contributed by atoms with E-state index in [2.05, 4.69) is 26.2 Å². The number of hydrogen-bond acceptors (Lipinski definition) is 2. The van der Waals surface area contributed by atoms with Crippen LogP contribution >= 0.6 is 0 Å². The van der Waals surface area contributed by atoms with E-state index in [0.29, 0.717) is 5.41 Å². The second-order valence-corrected chi connectivity index (χ2v) is 5.73. The van der Waals surface area contributed by atoms with Gasteiger partial charge in [-0.2, -0.15) is 0 Å². The Balaban J connectivity index is 3.97. The predicted molar refractivity (Wildman–Crippen MR) is 81.1 cm³/mol. The molecule has 0 aromatic rings. The average Bonchev–Trinajstić information content (AvgIpc) is 2.35. The topological polar surface area (TPSA) is 21.3 Å². The van der Waals surface area contributed by atoms with Gasteiger partial charge in [0.1, 0.15) is 0 Å². The zero-order chi connectivity index (χ0) is 13.7. The van der Waals surface area contributed by atoms with Crippen LogP contribution in [0.15, 0.2) is 0 Å². The molecule has 2 heteroatoms. The Labute approximate surface area is 115 Å². The molecule has 0 rings (SSSR count). The summed E-state index contributed by atoms with van der Waals surface area (Å²) in [4.78, 5) is 0. The van der Waals surface area contributed by atoms with Crippen molar-refractivity contribution >= 4 is 0 Å². The summed E-state index contributed by atoms with van der Waals surface area (Å²) in [6, 6.07) is 0. The van der Waals surface area contributed by atoms with Gasteiger partial charge in [-0.1, -0.05) is 58.8 Å². The highest BCUT2D eigenvalue weighted by Crippen LogP contribution is 2.30. The summed E-state index contributed by atoms with van der Waals surface area (Å²) in [6.07, 6.45) is 12.1. The first-order valence-electron chi connectivity index (χ1n) is 7.88. The van der Waals surface area contributed by atoms with Crippen molar-refractivity contribution in [3.63, 3.8) is 0 Å². The second-order valence-electron chi connectivity index (χ2n) is 5.73. The van der Waals surface area contributed by atoms with Crippen LogP contribution in [0.2, 0.25) is 0 Å². The van der Waals surface area contributed by atoms with Gasteiger partial charge in [0.15, 0.2) is 0 Å². The van der Waals surface area contributed by atoms with Gasteiger partial charge in [-0.25, -0.2) is 0 Å². The maximum Gasteiger partial charge on any atom is 0.0530 e. The van der Waals surface area contributed by atoms with Crippen LogP contribution in [-0.2, 0) is 4.74 Å². The number of nitrogens with one attached hydrogen (secondary N) is 1. The van der Waals surface area contributed by atoms with E-state index < -0.39 is 0 Å². The highest BCUT2D eigenvalue weighted by atomic mass is 16.5. The Morgan fingerprint density at radius 1 is 0.889 bits per heavy atom. The molecule has 1 atom stereocenters. The fraction of sp³-hybridized carbons (Fsp3) is 1.00. The average molecular weight is 257 g/mol. The molecule has 0 amide bonds. The lowest BCUT2D eigenvalue weighted by Gasteiger charge is -2.33. The van der Waals surface area contributed by atoms with Crippen LogP contribution in [0.3, 0.4) is 0 Å². The van der Waals surface area contributed by atoms with Crippen molar-refractivity contribution in [3.8, 4) is 0 Å². The van der Waals surface area contributed by atoms with E-state index in [9.17, 15) is 0 Å². The van der Waals surface area contributed by atoms with Gasteiger partial charge in [0.25, 0.3) is 0 Å². The molecule has 18 heavy (non-hydrogen) atoms. The largest absolute Gasteiger partial charge is 0.384 e. The Kier molecular flexibility index (Phi) is 11.9. The first-order valence-corrected chi connectivity index (χ1v) is 7.88. The van der Waals surface area contributed by atoms with Gasteiger partial charge in [-0.05, 0) is 19.9 Å². The SMILES string of the molecule is CCCCCCCCC(CCC)(CNC)COC. The minimum atomic E-state index is 0.364. The summed E-state index contributed by atoms with van der Waals surface area (Å²) in [5.74, 6) is 0. The fourth-order valence-corrected chi connectivity index (χ4v) is 2.99. The quantitative estimate of drug-likeness (QED) is 0.494. The molecule has 0 heterocycles. The molecule has 0 bridgehead atoms. The van der Waals surface area contributed by atoms with Gasteiger partial charge >= 0.3 is 0 Å². The summed E-state index contributed by atoms with van der Waals surface area (Å²) < 4.78 is 5.47. The lowest BCUT2D eigenvalue weighted by atomic mass is 9.79. The second kappa shape index (κ2) is 12.0. The number of hydrogen-bond donors (Lipinski definition) is 1. The molecule has 0 aliphatic rings. The molecule has 0 radical (unpaired) electrons. The van der Waals surface area contributed by atoms with Gasteiger partial charge in [-0.15, -0.1) is 0 Å². The smallest absolute Gasteiger partial charge is 0.0530 e. The zero-order valence-electron chi connectivity index (χ0n) is 13.2. The molecule has 0 aliphatic carbocycles. The van der Waals surface area contributed by atoms with Crippen molar-refractivity contribution in [2.45, 2.75) is 71.6 Å². The molecule has 0 aromatic heterocycles. The minimum Gasteiger partial charge on any atom is -0.384 e. The van der Waals surface area contributed by atoms with E-state index in [1.54, 1.807) is 0 Å². The number of ether oxygens (including phenoxy) is 1. The van der Waals surface area contributed by atoms with Gasteiger partial charge in [0, 0.05) is 19.1 Å². The van der Waals surface area contributed by atoms with Crippen LogP contribution in [0.5, 0.6) is 0 Å². The van der Waals surface area contributed by atoms with Crippen LogP contribution < -0.4 is 5.32 Å². The first kappa shape index (κ1) is 17.9. The van der Waals surface area contributed by atoms with Crippen LogP contribution in [-0.4, -0.2) is 27.3 Å². The maximum absolute atomic E-state index is 5.47. The molecule has 1 unspecified atom stereocenters. The number of methoxy groups -OCH3 is 1. The van der Waals surface area contributed by atoms with Crippen LogP contribution in [0.4, 0.5) is 0 Å². The Bertz CT molecular complexity index is 153. The van der Waals surface area contributed by atoms with Crippen molar-refractivity contribution in [3.05, 3.63) is 0 Å². The van der Waals surface area contributed by atoms with E-state index in [1.807, 2.05) is 7.11 Å². The van der Waals surface area contributed by atoms with E-state index in [1.165, 1.54) is 57.8 Å². The minimum absolute atomic E-state index is 0.364. The van der Waals surface area contributed by atoms with Crippen LogP contribution in [0.25, 0.3) is 0 Å². The molecule has 0 saturated heterocycles. The third kappa shape index (κ3) is 8.10. The highest BCUT2D eigenvalue weighted by molar-refractivity contribution is 4.80. The van der Waals surface area contributed by atoms with E-state index in [4.69, 9.17) is 4.74 Å². The first-order chi connectivity index (χ1) is 8.74. The van der Waals surface area contributed by atoms with Gasteiger partial charge in [0.05, 0.1) is 6.61 Å². The van der Waals surface area contributed by atoms with E-state index >= 15 is 0 Å². The molecule has 0 aromatic carbocycles. The molecule has 1 N–H and O–H groups in total. The molecular formula is C16H35NO. The summed E-state index contributed by atoms with van der Waals surface area (Å²) in [6.45, 7) is 6.54. The Hall–Kier alpha value is -0.0800. The monoisotopic (exact) mass is 257 g/mol. The third-order valence-electron chi connectivity index (χ3n) is 3.84. The zero-order valence-corrected chi connectivity index (χ0v) is 13.2. The summed E-state index contributed by atoms with van der Waals surface area (Å²) in [7, 11) is 3.89. The van der Waals surface area contributed by atoms with Crippen LogP contribution in [0, 0.1) is 5.41 Å². The highest BCUT2D eigenvalue weighted by Gasteiger charge is 2.27. The number of unbranched alkanes of at least 4 members (excludes halogenated alkanes) is 5. The molecule has 0 fully saturated rings. The van der Waals surface area contributed by atoms with Crippen LogP contribution in [0.1, 0.15) is 71.6 Å². The molecule has 2 nitrogen and oxygen atoms in total. The predicted octanol–water partition coefficient (Wildman–Crippen LogP) is 4.39. The molecule has 110 valence electrons. The summed E-state index contributed by atoms with van der Waals surface area (Å²) in [5, 5.41) is 3.36. The Morgan fingerprint density at radius 3 is 2.11 bits per heavy atom. The maximum atomic E-state index is 5.47. The van der Waals surface area contributed by atoms with Crippen molar-refractivity contribution in [2.24, 2.45) is 5.41 Å². The number of rotatable bonds is 13. The Morgan fingerprint density at radius 2 is 1.56 bits per heavy atom. The molecule has 0 saturated carbocycles. The summed E-state index contributed by atoms with van der Waals surface area (Å²) >= 11 is 0. The fourth-order valence-electron chi connectivity index (χ4n) is 2.99. The lowest BCUT2D eigenvalue weighted by Crippen LogP contribution is -2.36. The van der Waals surface area contributed by atoms with Gasteiger partial charge < -0.3 is 10.1 Å². The van der Waals surface area contributed by atoms with Crippen molar-refractivity contribution in [1.82, 2.24) is 5.32 Å². The summed E-state index contributed by atoms with van der Waals surface area (Å²) in [5.41, 5.74) is 0.364. The molecule has 0 aliphatic heterocycles. The van der Waals surface area contributed by atoms with Gasteiger partial charge in [0.2, 0.25) is 0 Å². The lowest BCUT2D eigenvalue weighted by molar-refractivity contribution is 0.0628. The van der Waals surface area contributed by atoms with E-state index in [-0.39, 0.29) is 0 Å². The van der Waals surface area contributed by atoms with E-state index in [0.717, 1.165) is 13.2 Å². The van der Waals surface area contributed by atoms with Crippen molar-refractivity contribution in [1.29, 1.82) is 0 Å². The van der Waals surface area contributed by atoms with Gasteiger partial charge in [-0.3, -0.25) is 0 Å². The standard InChI is InChI=1S/C16H35NO/c1-5-7-8-9-10-11-13-16(12-6-2,14-17-3)15-18-4/h17H,5-15H2,1-4H3. The molecular weight excluding hydrogens is 222 g/mol. The third-order valence-corrected chi connectivity index (χ3v) is 3.84. The normalized spacial score (nSPS) is 14.7.